The zero-order chi connectivity index (χ0) is 17.4. The van der Waals surface area contributed by atoms with E-state index in [0.717, 1.165) is 39.1 Å². The lowest BCUT2D eigenvalue weighted by molar-refractivity contribution is -0.133. The number of carbonyl (C=O) groups excluding carboxylic acids is 1. The number of hydrogen-bond acceptors (Lipinski definition) is 3. The molecule has 5 nitrogen and oxygen atoms in total. The predicted octanol–water partition coefficient (Wildman–Crippen LogP) is 2.12. The molecule has 4 rings (SSSR count). The van der Waals surface area contributed by atoms with Gasteiger partial charge in [0.1, 0.15) is 0 Å². The van der Waals surface area contributed by atoms with Crippen molar-refractivity contribution in [1.82, 2.24) is 20.1 Å². The quantitative estimate of drug-likeness (QED) is 0.900. The van der Waals surface area contributed by atoms with Crippen molar-refractivity contribution in [1.29, 1.82) is 0 Å². The Morgan fingerprint density at radius 1 is 1.20 bits per heavy atom. The van der Waals surface area contributed by atoms with Crippen molar-refractivity contribution in [2.24, 2.45) is 0 Å². The smallest absolute Gasteiger partial charge is 0.224 e. The number of H-pyrrole nitrogens is 1. The Morgan fingerprint density at radius 3 is 2.72 bits per heavy atom. The largest absolute Gasteiger partial charge is 0.357 e. The van der Waals surface area contributed by atoms with Crippen molar-refractivity contribution in [3.63, 3.8) is 0 Å². The van der Waals surface area contributed by atoms with E-state index in [4.69, 9.17) is 0 Å². The third-order valence-corrected chi connectivity index (χ3v) is 5.74. The van der Waals surface area contributed by atoms with Crippen molar-refractivity contribution >= 4 is 16.8 Å². The summed E-state index contributed by atoms with van der Waals surface area (Å²) >= 11 is 0. The van der Waals surface area contributed by atoms with Gasteiger partial charge >= 0.3 is 0 Å². The number of carbonyl (C=O) groups is 1. The van der Waals surface area contributed by atoms with Crippen LogP contribution in [0.1, 0.15) is 31.5 Å². The monoisotopic (exact) mass is 340 g/mol. The van der Waals surface area contributed by atoms with E-state index in [-0.39, 0.29) is 6.04 Å². The number of para-hydroxylation sites is 1. The summed E-state index contributed by atoms with van der Waals surface area (Å²) in [5, 5.41) is 4.85. The molecule has 1 unspecified atom stereocenters. The van der Waals surface area contributed by atoms with E-state index >= 15 is 0 Å². The van der Waals surface area contributed by atoms with Crippen LogP contribution in [0.3, 0.4) is 0 Å². The molecule has 2 aromatic rings. The number of rotatable bonds is 3. The van der Waals surface area contributed by atoms with E-state index in [1.165, 1.54) is 22.2 Å². The van der Waals surface area contributed by atoms with Crippen LogP contribution >= 0.6 is 0 Å². The third-order valence-electron chi connectivity index (χ3n) is 5.74. The second-order valence-corrected chi connectivity index (χ2v) is 7.62. The molecule has 25 heavy (non-hydrogen) atoms. The van der Waals surface area contributed by atoms with E-state index in [2.05, 4.69) is 53.3 Å². The molecule has 0 radical (unpaired) electrons. The number of piperazine rings is 1. The summed E-state index contributed by atoms with van der Waals surface area (Å²) in [6, 6.07) is 9.27. The van der Waals surface area contributed by atoms with E-state index in [9.17, 15) is 4.79 Å². The Morgan fingerprint density at radius 2 is 1.96 bits per heavy atom. The standard InChI is InChI=1S/C20H28N4O/c1-14(2)23-7-9-24(10-8-23)20(25)12-15-11-17-16-5-3-4-6-18(16)22-19(17)13-21-15/h3-6,14-15,21-22H,7-13H2,1-2H3. The minimum atomic E-state index is 0.238. The molecule has 5 heteroatoms. The van der Waals surface area contributed by atoms with E-state index in [1.807, 2.05) is 4.90 Å². The van der Waals surface area contributed by atoms with Gasteiger partial charge in [-0.15, -0.1) is 0 Å². The Labute approximate surface area is 149 Å². The van der Waals surface area contributed by atoms with Gasteiger partial charge in [0.15, 0.2) is 0 Å². The van der Waals surface area contributed by atoms with Gasteiger partial charge in [-0.25, -0.2) is 0 Å². The second kappa shape index (κ2) is 6.81. The summed E-state index contributed by atoms with van der Waals surface area (Å²) in [6.07, 6.45) is 1.53. The lowest BCUT2D eigenvalue weighted by Gasteiger charge is -2.37. The first kappa shape index (κ1) is 16.6. The molecule has 1 atom stereocenters. The zero-order valence-corrected chi connectivity index (χ0v) is 15.2. The molecule has 0 bridgehead atoms. The molecular weight excluding hydrogens is 312 g/mol. The van der Waals surface area contributed by atoms with Crippen molar-refractivity contribution in [3.05, 3.63) is 35.5 Å². The summed E-state index contributed by atoms with van der Waals surface area (Å²) in [4.78, 5) is 20.7. The van der Waals surface area contributed by atoms with E-state index < -0.39 is 0 Å². The van der Waals surface area contributed by atoms with Gasteiger partial charge in [0.25, 0.3) is 0 Å². The molecule has 0 spiro atoms. The van der Waals surface area contributed by atoms with Crippen LogP contribution in [0.5, 0.6) is 0 Å². The molecular formula is C20H28N4O. The number of benzene rings is 1. The molecule has 2 N–H and O–H groups in total. The van der Waals surface area contributed by atoms with Gasteiger partial charge in [-0.3, -0.25) is 9.69 Å². The van der Waals surface area contributed by atoms with Gasteiger partial charge in [0.05, 0.1) is 0 Å². The molecule has 1 amide bonds. The summed E-state index contributed by atoms with van der Waals surface area (Å²) in [7, 11) is 0. The van der Waals surface area contributed by atoms with E-state index in [1.54, 1.807) is 0 Å². The minimum absolute atomic E-state index is 0.238. The number of nitrogens with zero attached hydrogens (tertiary/aromatic N) is 2. The van der Waals surface area contributed by atoms with E-state index in [0.29, 0.717) is 18.4 Å². The maximum atomic E-state index is 12.7. The zero-order valence-electron chi connectivity index (χ0n) is 15.2. The Bertz CT molecular complexity index is 758. The molecule has 1 fully saturated rings. The average molecular weight is 340 g/mol. The fourth-order valence-electron chi connectivity index (χ4n) is 4.18. The maximum absolute atomic E-state index is 12.7. The SMILES string of the molecule is CC(C)N1CCN(C(=O)CC2Cc3c([nH]c4ccccc34)CN2)CC1. The van der Waals surface area contributed by atoms with Crippen LogP contribution in [0.2, 0.25) is 0 Å². The highest BCUT2D eigenvalue weighted by Crippen LogP contribution is 2.27. The van der Waals surface area contributed by atoms with Crippen LogP contribution in [0.4, 0.5) is 0 Å². The lowest BCUT2D eigenvalue weighted by Crippen LogP contribution is -2.52. The number of fused-ring (bicyclic) bond motifs is 3. The second-order valence-electron chi connectivity index (χ2n) is 7.62. The van der Waals surface area contributed by atoms with Gasteiger partial charge < -0.3 is 15.2 Å². The Balaban J connectivity index is 1.39. The van der Waals surface area contributed by atoms with Crippen molar-refractivity contribution < 1.29 is 4.79 Å². The molecule has 1 aromatic carbocycles. The Hall–Kier alpha value is -1.85. The summed E-state index contributed by atoms with van der Waals surface area (Å²) < 4.78 is 0. The first-order chi connectivity index (χ1) is 12.1. The molecule has 1 aromatic heterocycles. The van der Waals surface area contributed by atoms with Gasteiger partial charge in [-0.1, -0.05) is 18.2 Å². The van der Waals surface area contributed by atoms with Crippen LogP contribution < -0.4 is 5.32 Å². The molecule has 134 valence electrons. The van der Waals surface area contributed by atoms with Crippen molar-refractivity contribution in [3.8, 4) is 0 Å². The predicted molar refractivity (Wildman–Crippen MR) is 101 cm³/mol. The normalized spacial score (nSPS) is 21.7. The van der Waals surface area contributed by atoms with Crippen molar-refractivity contribution in [2.45, 2.75) is 45.3 Å². The first-order valence-corrected chi connectivity index (χ1v) is 9.45. The number of nitrogens with one attached hydrogen (secondary N) is 2. The van der Waals surface area contributed by atoms with Gasteiger partial charge in [-0.2, -0.15) is 0 Å². The molecule has 3 heterocycles. The lowest BCUT2D eigenvalue weighted by atomic mass is 9.96. The molecule has 0 saturated carbocycles. The van der Waals surface area contributed by atoms with Gasteiger partial charge in [0, 0.05) is 67.8 Å². The molecule has 2 aliphatic heterocycles. The van der Waals surface area contributed by atoms with Gasteiger partial charge in [-0.05, 0) is 31.9 Å². The topological polar surface area (TPSA) is 51.4 Å². The number of amides is 1. The maximum Gasteiger partial charge on any atom is 0.224 e. The van der Waals surface area contributed by atoms with Crippen LogP contribution in [0.15, 0.2) is 24.3 Å². The fraction of sp³-hybridized carbons (Fsp3) is 0.550. The molecule has 0 aliphatic carbocycles. The fourth-order valence-corrected chi connectivity index (χ4v) is 4.18. The highest BCUT2D eigenvalue weighted by Gasteiger charge is 2.27. The number of hydrogen-bond donors (Lipinski definition) is 2. The highest BCUT2D eigenvalue weighted by atomic mass is 16.2. The minimum Gasteiger partial charge on any atom is -0.357 e. The van der Waals surface area contributed by atoms with Crippen LogP contribution in [0.25, 0.3) is 10.9 Å². The summed E-state index contributed by atoms with van der Waals surface area (Å²) in [5.41, 5.74) is 3.86. The highest BCUT2D eigenvalue weighted by molar-refractivity contribution is 5.85. The molecule has 1 saturated heterocycles. The van der Waals surface area contributed by atoms with Gasteiger partial charge in [0.2, 0.25) is 5.91 Å². The first-order valence-electron chi connectivity index (χ1n) is 9.45. The summed E-state index contributed by atoms with van der Waals surface area (Å²) in [6.45, 7) is 8.99. The average Bonchev–Trinajstić information content (AvgIpc) is 3.00. The third kappa shape index (κ3) is 3.31. The van der Waals surface area contributed by atoms with Crippen LogP contribution in [-0.2, 0) is 17.8 Å². The van der Waals surface area contributed by atoms with Crippen LogP contribution in [0, 0.1) is 0 Å². The van der Waals surface area contributed by atoms with Crippen LogP contribution in [-0.4, -0.2) is 59.0 Å². The van der Waals surface area contributed by atoms with Crippen molar-refractivity contribution in [2.75, 3.05) is 26.2 Å². The number of aromatic nitrogens is 1. The molecule has 2 aliphatic rings. The summed E-state index contributed by atoms with van der Waals surface area (Å²) in [5.74, 6) is 0.296. The Kier molecular flexibility index (Phi) is 4.52. The number of aromatic amines is 1.